The molecule has 0 aliphatic rings. The van der Waals surface area contributed by atoms with E-state index in [-0.39, 0.29) is 12.3 Å². The van der Waals surface area contributed by atoms with Crippen LogP contribution in [-0.2, 0) is 17.4 Å². The van der Waals surface area contributed by atoms with Gasteiger partial charge in [0.2, 0.25) is 5.91 Å². The number of hydrogen-bond donors (Lipinski definition) is 2. The van der Waals surface area contributed by atoms with Gasteiger partial charge in [0.05, 0.1) is 36.6 Å². The Hall–Kier alpha value is -4.01. The van der Waals surface area contributed by atoms with E-state index in [2.05, 4.69) is 10.6 Å². The Balaban J connectivity index is 1.82. The molecule has 0 unspecified atom stereocenters. The van der Waals surface area contributed by atoms with E-state index in [1.54, 1.807) is 56.3 Å². The minimum atomic E-state index is -4.44. The lowest BCUT2D eigenvalue weighted by molar-refractivity contribution is -0.137. The second-order valence-corrected chi connectivity index (χ2v) is 7.45. The quantitative estimate of drug-likeness (QED) is 0.393. The van der Waals surface area contributed by atoms with Crippen LogP contribution in [0, 0.1) is 0 Å². The summed E-state index contributed by atoms with van der Waals surface area (Å²) in [5, 5.41) is 5.52. The van der Waals surface area contributed by atoms with Crippen LogP contribution < -0.4 is 20.1 Å². The molecular formula is C26H25F3N2O4. The number of rotatable bonds is 9. The Morgan fingerprint density at radius 3 is 1.86 bits per heavy atom. The molecule has 0 saturated carbocycles. The summed E-state index contributed by atoms with van der Waals surface area (Å²) in [7, 11) is 0. The van der Waals surface area contributed by atoms with Crippen LogP contribution in [0.1, 0.15) is 35.3 Å². The van der Waals surface area contributed by atoms with Gasteiger partial charge in [-0.2, -0.15) is 13.2 Å². The van der Waals surface area contributed by atoms with E-state index in [1.165, 1.54) is 12.1 Å². The van der Waals surface area contributed by atoms with Gasteiger partial charge in [-0.1, -0.05) is 30.3 Å². The number of alkyl halides is 3. The zero-order valence-electron chi connectivity index (χ0n) is 19.2. The number of ether oxygens (including phenoxy) is 2. The Morgan fingerprint density at radius 1 is 0.800 bits per heavy atom. The smallest absolute Gasteiger partial charge is 0.416 e. The zero-order chi connectivity index (χ0) is 25.4. The summed E-state index contributed by atoms with van der Waals surface area (Å²) < 4.78 is 49.6. The number of anilines is 2. The summed E-state index contributed by atoms with van der Waals surface area (Å²) in [6, 6.07) is 16.2. The molecule has 0 saturated heterocycles. The number of hydrogen-bond acceptors (Lipinski definition) is 4. The van der Waals surface area contributed by atoms with Gasteiger partial charge < -0.3 is 20.1 Å². The van der Waals surface area contributed by atoms with Crippen molar-refractivity contribution >= 4 is 23.2 Å². The standard InChI is InChI=1S/C26H25F3N2O4/c1-3-34-22-16-21(31-25(33)18-8-6-5-7-9-18)23(35-4-2)15-20(22)30-24(32)14-17-10-12-19(13-11-17)26(27,28)29/h5-13,15-16H,3-4,14H2,1-2H3,(H,30,32)(H,31,33). The van der Waals surface area contributed by atoms with Crippen LogP contribution in [-0.4, -0.2) is 25.0 Å². The fourth-order valence-corrected chi connectivity index (χ4v) is 3.28. The minimum absolute atomic E-state index is 0.139. The molecule has 0 fully saturated rings. The van der Waals surface area contributed by atoms with E-state index in [1.807, 2.05) is 0 Å². The van der Waals surface area contributed by atoms with E-state index in [4.69, 9.17) is 9.47 Å². The largest absolute Gasteiger partial charge is 0.492 e. The second kappa shape index (κ2) is 11.4. The fraction of sp³-hybridized carbons (Fsp3) is 0.231. The van der Waals surface area contributed by atoms with Gasteiger partial charge in [0.25, 0.3) is 5.91 Å². The lowest BCUT2D eigenvalue weighted by Gasteiger charge is -2.18. The van der Waals surface area contributed by atoms with E-state index in [0.717, 1.165) is 12.1 Å². The van der Waals surface area contributed by atoms with Crippen LogP contribution in [0.4, 0.5) is 24.5 Å². The molecule has 2 N–H and O–H groups in total. The highest BCUT2D eigenvalue weighted by atomic mass is 19.4. The molecule has 3 aromatic rings. The van der Waals surface area contributed by atoms with Crippen LogP contribution >= 0.6 is 0 Å². The highest BCUT2D eigenvalue weighted by Crippen LogP contribution is 2.37. The Labute approximate surface area is 201 Å². The van der Waals surface area contributed by atoms with Gasteiger partial charge in [0.15, 0.2) is 0 Å². The molecule has 35 heavy (non-hydrogen) atoms. The molecule has 3 rings (SSSR count). The molecule has 184 valence electrons. The third-order valence-corrected chi connectivity index (χ3v) is 4.89. The van der Waals surface area contributed by atoms with Crippen LogP contribution in [0.3, 0.4) is 0 Å². The molecule has 0 atom stereocenters. The van der Waals surface area contributed by atoms with Gasteiger partial charge in [0.1, 0.15) is 11.5 Å². The first-order chi connectivity index (χ1) is 16.7. The van der Waals surface area contributed by atoms with E-state index < -0.39 is 17.6 Å². The summed E-state index contributed by atoms with van der Waals surface area (Å²) in [5.74, 6) is -0.160. The van der Waals surface area contributed by atoms with Gasteiger partial charge in [-0.25, -0.2) is 0 Å². The highest BCUT2D eigenvalue weighted by molar-refractivity contribution is 6.05. The molecule has 0 heterocycles. The first kappa shape index (κ1) is 25.6. The van der Waals surface area contributed by atoms with Crippen molar-refractivity contribution in [3.63, 3.8) is 0 Å². The lowest BCUT2D eigenvalue weighted by atomic mass is 10.1. The summed E-state index contributed by atoms with van der Waals surface area (Å²) >= 11 is 0. The van der Waals surface area contributed by atoms with Crippen molar-refractivity contribution in [2.45, 2.75) is 26.4 Å². The molecule has 2 amide bonds. The Kier molecular flexibility index (Phi) is 8.35. The summed E-state index contributed by atoms with van der Waals surface area (Å²) in [4.78, 5) is 25.3. The number of nitrogens with one attached hydrogen (secondary N) is 2. The fourth-order valence-electron chi connectivity index (χ4n) is 3.28. The van der Waals surface area contributed by atoms with Gasteiger partial charge in [0, 0.05) is 17.7 Å². The van der Waals surface area contributed by atoms with Gasteiger partial charge >= 0.3 is 6.18 Å². The zero-order valence-corrected chi connectivity index (χ0v) is 19.2. The Bertz CT molecular complexity index is 1160. The van der Waals surface area contributed by atoms with E-state index in [9.17, 15) is 22.8 Å². The third kappa shape index (κ3) is 6.99. The van der Waals surface area contributed by atoms with Crippen LogP contribution in [0.2, 0.25) is 0 Å². The van der Waals surface area contributed by atoms with Crippen molar-refractivity contribution in [1.29, 1.82) is 0 Å². The predicted octanol–water partition coefficient (Wildman–Crippen LogP) is 5.94. The molecule has 3 aromatic carbocycles. The number of carbonyl (C=O) groups is 2. The number of amides is 2. The van der Waals surface area contributed by atoms with Gasteiger partial charge in [-0.05, 0) is 43.7 Å². The normalized spacial score (nSPS) is 11.0. The predicted molar refractivity (Wildman–Crippen MR) is 127 cm³/mol. The summed E-state index contributed by atoms with van der Waals surface area (Å²) in [6.07, 6.45) is -4.58. The van der Waals surface area contributed by atoms with E-state index in [0.29, 0.717) is 47.2 Å². The minimum Gasteiger partial charge on any atom is -0.492 e. The maximum absolute atomic E-state index is 12.8. The van der Waals surface area contributed by atoms with Crippen molar-refractivity contribution in [2.75, 3.05) is 23.8 Å². The van der Waals surface area contributed by atoms with Crippen molar-refractivity contribution < 1.29 is 32.2 Å². The van der Waals surface area contributed by atoms with Gasteiger partial charge in [-0.3, -0.25) is 9.59 Å². The summed E-state index contributed by atoms with van der Waals surface area (Å²) in [5.41, 5.74) is 0.775. The average Bonchev–Trinajstić information content (AvgIpc) is 2.82. The highest BCUT2D eigenvalue weighted by Gasteiger charge is 2.30. The average molecular weight is 486 g/mol. The summed E-state index contributed by atoms with van der Waals surface area (Å²) in [6.45, 7) is 4.15. The molecule has 0 bridgehead atoms. The SMILES string of the molecule is CCOc1cc(NC(=O)c2ccccc2)c(OCC)cc1NC(=O)Cc1ccc(C(F)(F)F)cc1. The van der Waals surface area contributed by atoms with Crippen molar-refractivity contribution in [3.05, 3.63) is 83.4 Å². The lowest BCUT2D eigenvalue weighted by Crippen LogP contribution is -2.17. The maximum Gasteiger partial charge on any atom is 0.416 e. The number of halogens is 3. The number of benzene rings is 3. The first-order valence-electron chi connectivity index (χ1n) is 11.0. The van der Waals surface area contributed by atoms with Crippen LogP contribution in [0.5, 0.6) is 11.5 Å². The van der Waals surface area contributed by atoms with Crippen molar-refractivity contribution in [2.24, 2.45) is 0 Å². The van der Waals surface area contributed by atoms with Crippen LogP contribution in [0.25, 0.3) is 0 Å². The molecule has 0 aliphatic carbocycles. The van der Waals surface area contributed by atoms with Crippen molar-refractivity contribution in [3.8, 4) is 11.5 Å². The molecule has 6 nitrogen and oxygen atoms in total. The first-order valence-corrected chi connectivity index (χ1v) is 11.0. The molecular weight excluding hydrogens is 461 g/mol. The molecule has 9 heteroatoms. The van der Waals surface area contributed by atoms with E-state index >= 15 is 0 Å². The third-order valence-electron chi connectivity index (χ3n) is 4.89. The van der Waals surface area contributed by atoms with Crippen molar-refractivity contribution in [1.82, 2.24) is 0 Å². The molecule has 0 radical (unpaired) electrons. The van der Waals surface area contributed by atoms with Gasteiger partial charge in [-0.15, -0.1) is 0 Å². The molecule has 0 aliphatic heterocycles. The second-order valence-electron chi connectivity index (χ2n) is 7.45. The Morgan fingerprint density at radius 2 is 1.34 bits per heavy atom. The topological polar surface area (TPSA) is 76.7 Å². The number of carbonyl (C=O) groups excluding carboxylic acids is 2. The maximum atomic E-state index is 12.8. The monoisotopic (exact) mass is 486 g/mol. The van der Waals surface area contributed by atoms with Crippen LogP contribution in [0.15, 0.2) is 66.7 Å². The molecule has 0 spiro atoms. The molecule has 0 aromatic heterocycles.